The summed E-state index contributed by atoms with van der Waals surface area (Å²) in [5.41, 5.74) is -1.16. The van der Waals surface area contributed by atoms with Crippen LogP contribution in [0.5, 0.6) is 0 Å². The summed E-state index contributed by atoms with van der Waals surface area (Å²) in [5.74, 6) is -1.04. The van der Waals surface area contributed by atoms with E-state index in [1.807, 2.05) is 0 Å². The Morgan fingerprint density at radius 3 is 2.50 bits per heavy atom. The first kappa shape index (κ1) is 11.5. The van der Waals surface area contributed by atoms with Crippen molar-refractivity contribution in [3.63, 3.8) is 0 Å². The molecular formula is C8H15BO5. The number of aliphatic hydroxyl groups excluding tert-OH is 1. The van der Waals surface area contributed by atoms with E-state index in [1.54, 1.807) is 0 Å². The molecule has 0 aromatic heterocycles. The van der Waals surface area contributed by atoms with E-state index in [0.29, 0.717) is 19.3 Å². The van der Waals surface area contributed by atoms with Crippen molar-refractivity contribution in [1.29, 1.82) is 0 Å². The molecule has 14 heavy (non-hydrogen) atoms. The largest absolute Gasteiger partial charge is 0.481 e. The number of carboxylic acid groups (broad SMARTS) is 1. The maximum atomic E-state index is 11.0. The van der Waals surface area contributed by atoms with Crippen LogP contribution < -0.4 is 0 Å². The van der Waals surface area contributed by atoms with Gasteiger partial charge in [0.25, 0.3) is 0 Å². The van der Waals surface area contributed by atoms with E-state index in [-0.39, 0.29) is 12.7 Å². The summed E-state index contributed by atoms with van der Waals surface area (Å²) in [6.07, 6.45) is 0.808. The lowest BCUT2D eigenvalue weighted by atomic mass is 9.72. The minimum Gasteiger partial charge on any atom is -0.481 e. The maximum absolute atomic E-state index is 11.0. The highest BCUT2D eigenvalue weighted by Crippen LogP contribution is 2.42. The zero-order chi connectivity index (χ0) is 10.8. The Balaban J connectivity index is 2.67. The van der Waals surface area contributed by atoms with Gasteiger partial charge in [0.05, 0.1) is 11.5 Å². The fraction of sp³-hybridized carbons (Fsp3) is 0.875. The Bertz CT molecular complexity index is 220. The molecule has 1 saturated carbocycles. The molecule has 2 unspecified atom stereocenters. The molecule has 1 fully saturated rings. The third kappa shape index (κ3) is 2.08. The molecule has 0 radical (unpaired) electrons. The van der Waals surface area contributed by atoms with Crippen molar-refractivity contribution in [2.24, 2.45) is 5.41 Å². The van der Waals surface area contributed by atoms with E-state index < -0.39 is 24.6 Å². The molecule has 6 heteroatoms. The molecule has 0 spiro atoms. The second-order valence-corrected chi connectivity index (χ2v) is 3.89. The van der Waals surface area contributed by atoms with Gasteiger partial charge in [-0.2, -0.15) is 0 Å². The Morgan fingerprint density at radius 1 is 1.50 bits per heavy atom. The number of carbonyl (C=O) groups is 1. The molecule has 0 bridgehead atoms. The number of hydrogen-bond acceptors (Lipinski definition) is 4. The lowest BCUT2D eigenvalue weighted by molar-refractivity contribution is -0.154. The number of hydrogen-bond donors (Lipinski definition) is 4. The quantitative estimate of drug-likeness (QED) is 0.459. The Hall–Kier alpha value is -0.585. The average molecular weight is 202 g/mol. The van der Waals surface area contributed by atoms with E-state index >= 15 is 0 Å². The summed E-state index contributed by atoms with van der Waals surface area (Å²) < 4.78 is 0. The number of rotatable bonds is 4. The Labute approximate surface area is 82.5 Å². The minimum absolute atomic E-state index is 0.0106. The number of aliphatic hydroxyl groups is 1. The lowest BCUT2D eigenvalue weighted by Crippen LogP contribution is -2.39. The summed E-state index contributed by atoms with van der Waals surface area (Å²) in [7, 11) is -1.50. The van der Waals surface area contributed by atoms with E-state index in [1.165, 1.54) is 0 Å². The van der Waals surface area contributed by atoms with Crippen LogP contribution in [0.25, 0.3) is 0 Å². The van der Waals surface area contributed by atoms with Crippen molar-refractivity contribution in [2.45, 2.75) is 38.1 Å². The first-order chi connectivity index (χ1) is 6.49. The van der Waals surface area contributed by atoms with Gasteiger partial charge in [-0.15, -0.1) is 0 Å². The summed E-state index contributed by atoms with van der Waals surface area (Å²) in [6, 6.07) is 0. The van der Waals surface area contributed by atoms with E-state index in [4.69, 9.17) is 15.2 Å². The van der Waals surface area contributed by atoms with Gasteiger partial charge in [-0.3, -0.25) is 4.79 Å². The Kier molecular flexibility index (Phi) is 3.52. The van der Waals surface area contributed by atoms with E-state index in [9.17, 15) is 9.90 Å². The maximum Gasteiger partial charge on any atom is 0.451 e. The van der Waals surface area contributed by atoms with Crippen LogP contribution in [0.1, 0.15) is 25.7 Å². The standard InChI is InChI=1S/C8H15BO5/c10-6-2-1-3-8(6,7(11)12)4-5-9(13)14/h6,10,13-14H,1-5H2,(H,11,12). The monoisotopic (exact) mass is 202 g/mol. The molecule has 1 aliphatic rings. The molecule has 0 amide bonds. The van der Waals surface area contributed by atoms with Crippen molar-refractivity contribution in [2.75, 3.05) is 0 Å². The van der Waals surface area contributed by atoms with Crippen molar-refractivity contribution < 1.29 is 25.1 Å². The van der Waals surface area contributed by atoms with Crippen LogP contribution >= 0.6 is 0 Å². The van der Waals surface area contributed by atoms with Crippen molar-refractivity contribution in [1.82, 2.24) is 0 Å². The van der Waals surface area contributed by atoms with Crippen molar-refractivity contribution >= 4 is 13.1 Å². The number of aliphatic carboxylic acids is 1. The topological polar surface area (TPSA) is 98.0 Å². The van der Waals surface area contributed by atoms with Crippen molar-refractivity contribution in [3.05, 3.63) is 0 Å². The van der Waals surface area contributed by atoms with Gasteiger partial charge in [-0.25, -0.2) is 0 Å². The highest BCUT2D eigenvalue weighted by Gasteiger charge is 2.48. The molecule has 0 aromatic carbocycles. The first-order valence-electron chi connectivity index (χ1n) is 4.76. The van der Waals surface area contributed by atoms with Gasteiger partial charge in [0.15, 0.2) is 0 Å². The van der Waals surface area contributed by atoms with Crippen LogP contribution in [0.4, 0.5) is 0 Å². The number of carboxylic acids is 1. The molecule has 0 aliphatic heterocycles. The molecule has 4 N–H and O–H groups in total. The second-order valence-electron chi connectivity index (χ2n) is 3.89. The molecule has 0 heterocycles. The molecule has 1 aliphatic carbocycles. The smallest absolute Gasteiger partial charge is 0.451 e. The SMILES string of the molecule is O=C(O)C1(CCB(O)O)CCCC1O. The third-order valence-electron chi connectivity index (χ3n) is 3.01. The lowest BCUT2D eigenvalue weighted by Gasteiger charge is -2.27. The molecule has 5 nitrogen and oxygen atoms in total. The van der Waals surface area contributed by atoms with Gasteiger partial charge in [0.1, 0.15) is 0 Å². The van der Waals surface area contributed by atoms with Gasteiger partial charge in [0, 0.05) is 0 Å². The summed E-state index contributed by atoms with van der Waals surface area (Å²) in [5, 5.41) is 36.0. The van der Waals surface area contributed by atoms with Crippen LogP contribution in [0.15, 0.2) is 0 Å². The van der Waals surface area contributed by atoms with Gasteiger partial charge in [-0.1, -0.05) is 0 Å². The minimum atomic E-state index is -1.50. The molecule has 0 saturated heterocycles. The van der Waals surface area contributed by atoms with Gasteiger partial charge in [0.2, 0.25) is 0 Å². The fourth-order valence-electron chi connectivity index (χ4n) is 2.09. The molecule has 1 rings (SSSR count). The van der Waals surface area contributed by atoms with Gasteiger partial charge < -0.3 is 20.3 Å². The van der Waals surface area contributed by atoms with Crippen molar-refractivity contribution in [3.8, 4) is 0 Å². The molecule has 0 aromatic rings. The zero-order valence-electron chi connectivity index (χ0n) is 7.89. The van der Waals surface area contributed by atoms with Crippen LogP contribution in [0.3, 0.4) is 0 Å². The van der Waals surface area contributed by atoms with Crippen LogP contribution in [-0.2, 0) is 4.79 Å². The summed E-state index contributed by atoms with van der Waals surface area (Å²) in [4.78, 5) is 11.0. The van der Waals surface area contributed by atoms with Crippen LogP contribution in [0, 0.1) is 5.41 Å². The summed E-state index contributed by atoms with van der Waals surface area (Å²) in [6.45, 7) is 0. The summed E-state index contributed by atoms with van der Waals surface area (Å²) >= 11 is 0. The van der Waals surface area contributed by atoms with E-state index in [0.717, 1.165) is 0 Å². The average Bonchev–Trinajstić information content (AvgIpc) is 2.44. The van der Waals surface area contributed by atoms with Gasteiger partial charge in [-0.05, 0) is 32.0 Å². The van der Waals surface area contributed by atoms with E-state index in [2.05, 4.69) is 0 Å². The van der Waals surface area contributed by atoms with Gasteiger partial charge >= 0.3 is 13.1 Å². The van der Waals surface area contributed by atoms with Crippen LogP contribution in [0.2, 0.25) is 6.32 Å². The fourth-order valence-corrected chi connectivity index (χ4v) is 2.09. The zero-order valence-corrected chi connectivity index (χ0v) is 7.89. The highest BCUT2D eigenvalue weighted by atomic mass is 16.4. The second kappa shape index (κ2) is 4.29. The predicted molar refractivity (Wildman–Crippen MR) is 49.5 cm³/mol. The van der Waals surface area contributed by atoms with Crippen LogP contribution in [-0.4, -0.2) is 39.5 Å². The molecule has 80 valence electrons. The molecular weight excluding hydrogens is 187 g/mol. The predicted octanol–water partition coefficient (Wildman–Crippen LogP) is -0.535. The normalized spacial score (nSPS) is 31.8. The Morgan fingerprint density at radius 2 is 2.14 bits per heavy atom. The molecule has 2 atom stereocenters. The highest BCUT2D eigenvalue weighted by molar-refractivity contribution is 6.41. The first-order valence-corrected chi connectivity index (χ1v) is 4.76. The third-order valence-corrected chi connectivity index (χ3v) is 3.01.